The van der Waals surface area contributed by atoms with Gasteiger partial charge in [0.05, 0.1) is 19.3 Å². The minimum atomic E-state index is 0.292. The second-order valence-electron chi connectivity index (χ2n) is 7.50. The van der Waals surface area contributed by atoms with E-state index in [1.165, 1.54) is 25.7 Å². The maximum Gasteiger partial charge on any atom is 0.0621 e. The number of hydrogen-bond donors (Lipinski definition) is 1. The molecular weight excluding hydrogens is 286 g/mol. The molecule has 0 aromatic heterocycles. The normalized spacial score (nSPS) is 22.1. The third-order valence-corrected chi connectivity index (χ3v) is 6.44. The van der Waals surface area contributed by atoms with Gasteiger partial charge in [0.2, 0.25) is 0 Å². The third-order valence-electron chi connectivity index (χ3n) is 6.44. The van der Waals surface area contributed by atoms with Gasteiger partial charge in [0.25, 0.3) is 0 Å². The van der Waals surface area contributed by atoms with Gasteiger partial charge < -0.3 is 10.1 Å². The molecule has 1 aliphatic carbocycles. The molecule has 2 aliphatic rings. The Hall–Kier alpha value is -0.630. The molecule has 0 amide bonds. The van der Waals surface area contributed by atoms with E-state index in [0.29, 0.717) is 17.4 Å². The second kappa shape index (κ2) is 9.01. The van der Waals surface area contributed by atoms with Crippen LogP contribution in [-0.4, -0.2) is 49.8 Å². The molecule has 0 aromatic rings. The number of ether oxygens (including phenoxy) is 1. The van der Waals surface area contributed by atoms with Crippen molar-refractivity contribution in [3.8, 4) is 6.07 Å². The standard InChI is InChI=1S/C19H35N3O/c1-3-18(4-2,8-7-11-20)16-21-17-19(9-5-6-10-19)22-12-14-23-15-13-22/h21H,3-10,12-17H2,1-2H3. The molecule has 1 heterocycles. The first-order valence-electron chi connectivity index (χ1n) is 9.61. The van der Waals surface area contributed by atoms with Crippen molar-refractivity contribution in [3.05, 3.63) is 0 Å². The fourth-order valence-corrected chi connectivity index (χ4v) is 4.50. The Morgan fingerprint density at radius 2 is 1.83 bits per heavy atom. The van der Waals surface area contributed by atoms with E-state index in [0.717, 1.165) is 58.7 Å². The zero-order chi connectivity index (χ0) is 16.6. The van der Waals surface area contributed by atoms with E-state index in [9.17, 15) is 0 Å². The predicted octanol–water partition coefficient (Wildman–Crippen LogP) is 3.33. The zero-order valence-electron chi connectivity index (χ0n) is 15.2. The Morgan fingerprint density at radius 3 is 2.39 bits per heavy atom. The second-order valence-corrected chi connectivity index (χ2v) is 7.50. The Morgan fingerprint density at radius 1 is 1.17 bits per heavy atom. The minimum Gasteiger partial charge on any atom is -0.379 e. The molecule has 132 valence electrons. The summed E-state index contributed by atoms with van der Waals surface area (Å²) in [5.41, 5.74) is 0.646. The monoisotopic (exact) mass is 321 g/mol. The molecule has 23 heavy (non-hydrogen) atoms. The van der Waals surface area contributed by atoms with Crippen molar-refractivity contribution in [3.63, 3.8) is 0 Å². The SMILES string of the molecule is CCC(CC)(CCC#N)CNCC1(N2CCOCC2)CCCC1. The first-order valence-corrected chi connectivity index (χ1v) is 9.61. The molecule has 0 atom stereocenters. The van der Waals surface area contributed by atoms with E-state index in [1.807, 2.05) is 0 Å². The number of morpholine rings is 1. The highest BCUT2D eigenvalue weighted by Crippen LogP contribution is 2.36. The first-order chi connectivity index (χ1) is 11.2. The van der Waals surface area contributed by atoms with Gasteiger partial charge in [0, 0.05) is 38.1 Å². The molecule has 0 radical (unpaired) electrons. The molecule has 4 nitrogen and oxygen atoms in total. The van der Waals surface area contributed by atoms with Gasteiger partial charge in [-0.05, 0) is 37.5 Å². The van der Waals surface area contributed by atoms with Crippen LogP contribution in [0.1, 0.15) is 65.2 Å². The molecule has 0 aromatic carbocycles. The maximum atomic E-state index is 8.94. The number of nitriles is 1. The molecule has 1 aliphatic heterocycles. The van der Waals surface area contributed by atoms with E-state index < -0.39 is 0 Å². The van der Waals surface area contributed by atoms with Crippen LogP contribution in [0.25, 0.3) is 0 Å². The van der Waals surface area contributed by atoms with Gasteiger partial charge >= 0.3 is 0 Å². The summed E-state index contributed by atoms with van der Waals surface area (Å²) in [7, 11) is 0. The zero-order valence-corrected chi connectivity index (χ0v) is 15.2. The topological polar surface area (TPSA) is 48.3 Å². The van der Waals surface area contributed by atoms with Crippen molar-refractivity contribution < 1.29 is 4.74 Å². The lowest BCUT2D eigenvalue weighted by Crippen LogP contribution is -2.57. The number of hydrogen-bond acceptors (Lipinski definition) is 4. The summed E-state index contributed by atoms with van der Waals surface area (Å²) in [5.74, 6) is 0. The number of nitrogens with zero attached hydrogens (tertiary/aromatic N) is 2. The molecule has 2 fully saturated rings. The van der Waals surface area contributed by atoms with Gasteiger partial charge in [0.1, 0.15) is 0 Å². The van der Waals surface area contributed by atoms with Gasteiger partial charge in [-0.15, -0.1) is 0 Å². The fraction of sp³-hybridized carbons (Fsp3) is 0.947. The highest BCUT2D eigenvalue weighted by atomic mass is 16.5. The Labute approximate surface area is 142 Å². The van der Waals surface area contributed by atoms with Crippen LogP contribution in [0.15, 0.2) is 0 Å². The van der Waals surface area contributed by atoms with Crippen molar-refractivity contribution in [1.82, 2.24) is 10.2 Å². The molecule has 1 saturated carbocycles. The molecule has 1 saturated heterocycles. The molecule has 0 bridgehead atoms. The largest absolute Gasteiger partial charge is 0.379 e. The molecule has 0 unspecified atom stereocenters. The van der Waals surface area contributed by atoms with Crippen molar-refractivity contribution in [2.75, 3.05) is 39.4 Å². The fourth-order valence-electron chi connectivity index (χ4n) is 4.50. The summed E-state index contributed by atoms with van der Waals surface area (Å²) in [6.45, 7) is 10.6. The lowest BCUT2D eigenvalue weighted by Gasteiger charge is -2.44. The van der Waals surface area contributed by atoms with Crippen LogP contribution < -0.4 is 5.32 Å². The maximum absolute atomic E-state index is 8.94. The van der Waals surface area contributed by atoms with Gasteiger partial charge in [0.15, 0.2) is 0 Å². The van der Waals surface area contributed by atoms with E-state index in [4.69, 9.17) is 10.00 Å². The van der Waals surface area contributed by atoms with Crippen LogP contribution in [-0.2, 0) is 4.74 Å². The van der Waals surface area contributed by atoms with Gasteiger partial charge in [-0.1, -0.05) is 26.7 Å². The predicted molar refractivity (Wildman–Crippen MR) is 94.3 cm³/mol. The Bertz CT molecular complexity index is 375. The summed E-state index contributed by atoms with van der Waals surface area (Å²) in [6, 6.07) is 2.33. The number of nitrogens with one attached hydrogen (secondary N) is 1. The quantitative estimate of drug-likeness (QED) is 0.707. The van der Waals surface area contributed by atoms with E-state index >= 15 is 0 Å². The van der Waals surface area contributed by atoms with Crippen LogP contribution in [0, 0.1) is 16.7 Å². The van der Waals surface area contributed by atoms with Crippen molar-refractivity contribution >= 4 is 0 Å². The van der Waals surface area contributed by atoms with Crippen molar-refractivity contribution in [1.29, 1.82) is 5.26 Å². The highest BCUT2D eigenvalue weighted by molar-refractivity contribution is 4.98. The van der Waals surface area contributed by atoms with Crippen LogP contribution in [0.5, 0.6) is 0 Å². The summed E-state index contributed by atoms with van der Waals surface area (Å²) in [5, 5.41) is 12.8. The summed E-state index contributed by atoms with van der Waals surface area (Å²) >= 11 is 0. The average Bonchev–Trinajstić information content (AvgIpc) is 3.09. The summed E-state index contributed by atoms with van der Waals surface area (Å²) < 4.78 is 5.55. The van der Waals surface area contributed by atoms with Gasteiger partial charge in [-0.2, -0.15) is 5.26 Å². The van der Waals surface area contributed by atoms with E-state index in [-0.39, 0.29) is 0 Å². The average molecular weight is 322 g/mol. The molecule has 2 rings (SSSR count). The minimum absolute atomic E-state index is 0.292. The molecule has 4 heteroatoms. The van der Waals surface area contributed by atoms with Gasteiger partial charge in [-0.3, -0.25) is 4.90 Å². The smallest absolute Gasteiger partial charge is 0.0621 e. The Balaban J connectivity index is 1.91. The van der Waals surface area contributed by atoms with Crippen LogP contribution in [0.3, 0.4) is 0 Å². The van der Waals surface area contributed by atoms with Crippen molar-refractivity contribution in [2.45, 2.75) is 70.8 Å². The Kier molecular flexibility index (Phi) is 7.33. The van der Waals surface area contributed by atoms with Gasteiger partial charge in [-0.25, -0.2) is 0 Å². The highest BCUT2D eigenvalue weighted by Gasteiger charge is 2.40. The summed E-state index contributed by atoms with van der Waals surface area (Å²) in [6.07, 6.45) is 9.38. The lowest BCUT2D eigenvalue weighted by atomic mass is 9.78. The molecule has 1 N–H and O–H groups in total. The van der Waals surface area contributed by atoms with Crippen molar-refractivity contribution in [2.24, 2.45) is 5.41 Å². The van der Waals surface area contributed by atoms with E-state index in [1.54, 1.807) is 0 Å². The summed E-state index contributed by atoms with van der Waals surface area (Å²) in [4.78, 5) is 2.69. The molecule has 0 spiro atoms. The lowest BCUT2D eigenvalue weighted by molar-refractivity contribution is -0.0213. The van der Waals surface area contributed by atoms with Crippen LogP contribution >= 0.6 is 0 Å². The number of rotatable bonds is 9. The molecular formula is C19H35N3O. The first kappa shape index (κ1) is 18.7. The van der Waals surface area contributed by atoms with Crippen LogP contribution in [0.4, 0.5) is 0 Å². The third kappa shape index (κ3) is 4.68. The van der Waals surface area contributed by atoms with E-state index in [2.05, 4.69) is 30.1 Å². The van der Waals surface area contributed by atoms with Crippen LogP contribution in [0.2, 0.25) is 0 Å².